The van der Waals surface area contributed by atoms with Crippen LogP contribution in [0, 0.1) is 0 Å². The van der Waals surface area contributed by atoms with E-state index in [9.17, 15) is 14.4 Å². The minimum Gasteiger partial charge on any atom is -0.790 e. The van der Waals surface area contributed by atoms with Crippen molar-refractivity contribution in [3.63, 3.8) is 0 Å². The first-order chi connectivity index (χ1) is 6.45. The molecule has 2 radical (unpaired) electrons. The van der Waals surface area contributed by atoms with Crippen molar-refractivity contribution in [2.75, 3.05) is 13.2 Å². The molecule has 0 bridgehead atoms. The second-order valence-corrected chi connectivity index (χ2v) is 3.96. The van der Waals surface area contributed by atoms with E-state index in [1.807, 2.05) is 0 Å². The normalized spacial score (nSPS) is 12.4. The maximum atomic E-state index is 9.71. The van der Waals surface area contributed by atoms with Gasteiger partial charge in [0.25, 0.3) is 0 Å². The molecule has 104 valence electrons. The zero-order valence-electron chi connectivity index (χ0n) is 7.76. The minimum absolute atomic E-state index is 0. The second kappa shape index (κ2) is 12.0. The van der Waals surface area contributed by atoms with Crippen LogP contribution in [-0.4, -0.2) is 47.1 Å². The number of aliphatic hydroxyl groups excluding tert-OH is 2. The maximum absolute atomic E-state index is 9.71. The van der Waals surface area contributed by atoms with E-state index in [2.05, 4.69) is 4.52 Å². The van der Waals surface area contributed by atoms with Gasteiger partial charge in [-0.2, -0.15) is 0 Å². The van der Waals surface area contributed by atoms with Crippen molar-refractivity contribution in [1.82, 2.24) is 0 Å². The molecule has 0 aromatic rings. The number of phosphoric ester groups is 1. The molecule has 0 aromatic carbocycles. The molecule has 1 unspecified atom stereocenters. The van der Waals surface area contributed by atoms with Gasteiger partial charge in [0, 0.05) is 10.4 Å². The Morgan fingerprint density at radius 2 is 1.53 bits per heavy atom. The van der Waals surface area contributed by atoms with E-state index < -0.39 is 37.5 Å². The van der Waals surface area contributed by atoms with E-state index in [4.69, 9.17) is 27.7 Å². The van der Waals surface area contributed by atoms with Crippen LogP contribution in [-0.2, 0) is 53.6 Å². The summed E-state index contributed by atoms with van der Waals surface area (Å²) in [4.78, 5) is 19.4. The van der Waals surface area contributed by atoms with Crippen LogP contribution < -0.4 is 9.79 Å². The Kier molecular flexibility index (Phi) is 18.7. The zero-order valence-corrected chi connectivity index (χ0v) is 11.8. The summed E-state index contributed by atoms with van der Waals surface area (Å²) in [5.41, 5.74) is 0. The molecule has 0 rings (SSSR count). The van der Waals surface area contributed by atoms with Gasteiger partial charge in [0.1, 0.15) is 6.10 Å². The van der Waals surface area contributed by atoms with Crippen LogP contribution in [0.2, 0.25) is 0 Å². The molecule has 10 nitrogen and oxygen atoms in total. The Bertz CT molecular complexity index is 291. The third-order valence-electron chi connectivity index (χ3n) is 0.636. The number of phosphoric acid groups is 1. The monoisotopic (exact) mass is 376 g/mol. The standard InChI is InChI=1S/C3H9O6P.2Mn.H2O4S/c4-1-3(5)2-9-10(6,7)8;;;1-5(2,3)4/h3-5H,1-2H2,(H2,6,7,8);;;(H2,1,2,3,4)/q;2*+2;/p-4. The van der Waals surface area contributed by atoms with Crippen molar-refractivity contribution in [1.29, 1.82) is 0 Å². The molecule has 1 atom stereocenters. The molecular weight excluding hydrogens is 369 g/mol. The first-order valence-electron chi connectivity index (χ1n) is 3.08. The van der Waals surface area contributed by atoms with E-state index >= 15 is 0 Å². The molecule has 0 aliphatic carbocycles. The van der Waals surface area contributed by atoms with Gasteiger partial charge in [-0.25, -0.2) is 0 Å². The molecule has 0 aliphatic rings. The SMILES string of the molecule is O=P([O-])([O-])OCC(O)CO.O=S(=O)([O-])[O-].[Mn+2].[Mn+2]. The van der Waals surface area contributed by atoms with Crippen LogP contribution in [0.1, 0.15) is 0 Å². The molecular formula is C3H7Mn2O10PS. The van der Waals surface area contributed by atoms with Gasteiger partial charge in [0.15, 0.2) is 0 Å². The molecule has 14 heteroatoms. The number of aliphatic hydroxyl groups is 2. The summed E-state index contributed by atoms with van der Waals surface area (Å²) >= 11 is 0. The third kappa shape index (κ3) is 47.3. The molecule has 0 saturated carbocycles. The van der Waals surface area contributed by atoms with E-state index in [1.165, 1.54) is 0 Å². The predicted octanol–water partition coefficient (Wildman–Crippen LogP) is -4.16. The predicted molar refractivity (Wildman–Crippen MR) is 37.1 cm³/mol. The van der Waals surface area contributed by atoms with Crippen LogP contribution in [0.15, 0.2) is 0 Å². The fraction of sp³-hybridized carbons (Fsp3) is 1.00. The first-order valence-corrected chi connectivity index (χ1v) is 5.87. The van der Waals surface area contributed by atoms with Gasteiger partial charge < -0.3 is 38.2 Å². The Labute approximate surface area is 118 Å². The summed E-state index contributed by atoms with van der Waals surface area (Å²) in [6.07, 6.45) is -1.32. The number of rotatable bonds is 4. The average Bonchev–Trinajstić information content (AvgIpc) is 1.95. The van der Waals surface area contributed by atoms with Gasteiger partial charge in [0.2, 0.25) is 0 Å². The van der Waals surface area contributed by atoms with Crippen molar-refractivity contribution in [3.05, 3.63) is 0 Å². The van der Waals surface area contributed by atoms with Gasteiger partial charge in [-0.3, -0.25) is 8.42 Å². The average molecular weight is 376 g/mol. The number of hydrogen-bond acceptors (Lipinski definition) is 10. The molecule has 0 saturated heterocycles. The quantitative estimate of drug-likeness (QED) is 0.210. The molecule has 0 spiro atoms. The van der Waals surface area contributed by atoms with Crippen molar-refractivity contribution >= 4 is 18.2 Å². The fourth-order valence-corrected chi connectivity index (χ4v) is 0.585. The molecule has 0 aromatic heterocycles. The van der Waals surface area contributed by atoms with Gasteiger partial charge >= 0.3 is 34.1 Å². The summed E-state index contributed by atoms with van der Waals surface area (Å²) in [5, 5.41) is 16.6. The van der Waals surface area contributed by atoms with Gasteiger partial charge in [0.05, 0.1) is 21.0 Å². The molecule has 0 fully saturated rings. The van der Waals surface area contributed by atoms with Crippen molar-refractivity contribution < 1.29 is 80.7 Å². The first kappa shape index (κ1) is 26.5. The molecule has 0 heterocycles. The molecule has 2 N–H and O–H groups in total. The third-order valence-corrected chi connectivity index (χ3v) is 1.10. The smallest absolute Gasteiger partial charge is 0.790 e. The van der Waals surface area contributed by atoms with Gasteiger partial charge in [-0.05, 0) is 0 Å². The second-order valence-electron chi connectivity index (χ2n) is 1.99. The largest absolute Gasteiger partial charge is 2.00 e. The topological polar surface area (TPSA) is 193 Å². The van der Waals surface area contributed by atoms with Crippen LogP contribution in [0.4, 0.5) is 0 Å². The molecule has 0 aliphatic heterocycles. The van der Waals surface area contributed by atoms with E-state index in [0.29, 0.717) is 0 Å². The van der Waals surface area contributed by atoms with Crippen LogP contribution in [0.5, 0.6) is 0 Å². The van der Waals surface area contributed by atoms with E-state index in [1.54, 1.807) is 0 Å². The maximum Gasteiger partial charge on any atom is 2.00 e. The summed E-state index contributed by atoms with van der Waals surface area (Å²) in [6.45, 7) is -1.33. The molecule has 17 heavy (non-hydrogen) atoms. The van der Waals surface area contributed by atoms with E-state index in [0.717, 1.165) is 0 Å². The van der Waals surface area contributed by atoms with Crippen LogP contribution in [0.3, 0.4) is 0 Å². The Hall–Kier alpha value is 0.939. The van der Waals surface area contributed by atoms with Crippen molar-refractivity contribution in [2.45, 2.75) is 6.10 Å². The zero-order chi connectivity index (χ0) is 12.7. The summed E-state index contributed by atoms with van der Waals surface area (Å²) in [7, 11) is -10.2. The molecule has 0 amide bonds. The summed E-state index contributed by atoms with van der Waals surface area (Å²) in [5.74, 6) is 0. The van der Waals surface area contributed by atoms with Crippen LogP contribution in [0.25, 0.3) is 0 Å². The Balaban J connectivity index is -0.000000105. The summed E-state index contributed by atoms with van der Waals surface area (Å²) in [6, 6.07) is 0. The fourth-order valence-electron chi connectivity index (χ4n) is 0.230. The number of hydrogen-bond donors (Lipinski definition) is 2. The van der Waals surface area contributed by atoms with Gasteiger partial charge in [-0.15, -0.1) is 0 Å². The Morgan fingerprint density at radius 1 is 1.24 bits per heavy atom. The van der Waals surface area contributed by atoms with Gasteiger partial charge in [-0.1, -0.05) is 0 Å². The Morgan fingerprint density at radius 3 is 1.71 bits per heavy atom. The van der Waals surface area contributed by atoms with Crippen LogP contribution >= 0.6 is 7.82 Å². The summed E-state index contributed by atoms with van der Waals surface area (Å²) < 4.78 is 47.4. The van der Waals surface area contributed by atoms with E-state index in [-0.39, 0.29) is 34.1 Å². The minimum atomic E-state index is -5.17. The van der Waals surface area contributed by atoms with Crippen molar-refractivity contribution in [3.8, 4) is 0 Å². The van der Waals surface area contributed by atoms with Crippen molar-refractivity contribution in [2.24, 2.45) is 0 Å².